The van der Waals surface area contributed by atoms with Crippen LogP contribution in [0.3, 0.4) is 0 Å². The van der Waals surface area contributed by atoms with Gasteiger partial charge in [-0.05, 0) is 24.8 Å². The van der Waals surface area contributed by atoms with E-state index in [-0.39, 0.29) is 0 Å². The summed E-state index contributed by atoms with van der Waals surface area (Å²) in [7, 11) is -10.7. The summed E-state index contributed by atoms with van der Waals surface area (Å²) >= 11 is 0. The second-order valence-corrected chi connectivity index (χ2v) is 5.69. The molecule has 0 atom stereocenters. The van der Waals surface area contributed by atoms with Crippen LogP contribution in [0, 0.1) is 0 Å². The van der Waals surface area contributed by atoms with Crippen LogP contribution in [-0.2, 0) is 0 Å². The summed E-state index contributed by atoms with van der Waals surface area (Å²) in [5.74, 6) is 0. The third kappa shape index (κ3) is 19.4. The van der Waals surface area contributed by atoms with Crippen LogP contribution in [0.4, 0.5) is 25.2 Å². The van der Waals surface area contributed by atoms with Gasteiger partial charge in [0.25, 0.3) is 0 Å². The van der Waals surface area contributed by atoms with Gasteiger partial charge in [0.1, 0.15) is 19.6 Å². The number of quaternary nitrogens is 1. The molecule has 0 rings (SSSR count). The first-order valence-corrected chi connectivity index (χ1v) is 7.11. The molecule has 0 bridgehead atoms. The Bertz CT molecular complexity index is 304. The third-order valence-electron chi connectivity index (χ3n) is 1.87. The number of hydrogen-bond acceptors (Lipinski definition) is 0. The van der Waals surface area contributed by atoms with Crippen molar-refractivity contribution in [3.63, 3.8) is 0 Å². The molecule has 0 aromatic carbocycles. The van der Waals surface area contributed by atoms with Gasteiger partial charge in [-0.2, -0.15) is 0 Å². The zero-order valence-electron chi connectivity index (χ0n) is 10.4. The van der Waals surface area contributed by atoms with Crippen molar-refractivity contribution >= 4 is 7.81 Å². The molecule has 0 fully saturated rings. The Hall–Kier alpha value is -1.07. The quantitative estimate of drug-likeness (QED) is 0.238. The summed E-state index contributed by atoms with van der Waals surface area (Å²) in [6.07, 6.45) is 7.61. The summed E-state index contributed by atoms with van der Waals surface area (Å²) in [6.45, 7) is 17.6. The Labute approximate surface area is 109 Å². The summed E-state index contributed by atoms with van der Waals surface area (Å²) in [4.78, 5) is 0. The van der Waals surface area contributed by atoms with Crippen LogP contribution < -0.4 is 0 Å². The second kappa shape index (κ2) is 5.92. The van der Waals surface area contributed by atoms with Gasteiger partial charge in [-0.25, -0.2) is 0 Å². The van der Waals surface area contributed by atoms with Crippen molar-refractivity contribution in [2.75, 3.05) is 19.6 Å². The van der Waals surface area contributed by atoms with Gasteiger partial charge in [-0.15, -0.1) is 0 Å². The molecule has 0 radical (unpaired) electrons. The van der Waals surface area contributed by atoms with Gasteiger partial charge in [0.05, 0.1) is 6.20 Å². The molecule has 19 heavy (non-hydrogen) atoms. The molecule has 1 nitrogen and oxygen atoms in total. The molecule has 0 aromatic rings. The molecular formula is C11H18F6NP. The third-order valence-corrected chi connectivity index (χ3v) is 1.87. The van der Waals surface area contributed by atoms with Crippen molar-refractivity contribution in [3.05, 3.63) is 50.7 Å². The van der Waals surface area contributed by atoms with Crippen LogP contribution in [0.5, 0.6) is 0 Å². The number of nitrogens with zero attached hydrogens (tertiary/aromatic N) is 1. The van der Waals surface area contributed by atoms with Crippen molar-refractivity contribution < 1.29 is 29.7 Å². The van der Waals surface area contributed by atoms with Gasteiger partial charge in [0, 0.05) is 0 Å². The monoisotopic (exact) mass is 309 g/mol. The van der Waals surface area contributed by atoms with E-state index in [0.717, 1.165) is 24.1 Å². The Kier molecular flexibility index (Phi) is 6.31. The van der Waals surface area contributed by atoms with Crippen LogP contribution in [0.15, 0.2) is 50.7 Å². The molecule has 0 aliphatic rings. The fraction of sp³-hybridized carbons (Fsp3) is 0.273. The molecule has 0 amide bonds. The second-order valence-electron chi connectivity index (χ2n) is 3.77. The van der Waals surface area contributed by atoms with Gasteiger partial charge in [0.2, 0.25) is 0 Å². The molecule has 0 aliphatic carbocycles. The molecule has 0 aliphatic heterocycles. The Morgan fingerprint density at radius 3 is 1.00 bits per heavy atom. The van der Waals surface area contributed by atoms with Crippen LogP contribution in [-0.4, -0.2) is 24.1 Å². The first kappa shape index (κ1) is 20.3. The molecule has 0 saturated heterocycles. The van der Waals surface area contributed by atoms with E-state index in [1.807, 2.05) is 24.4 Å². The average molecular weight is 309 g/mol. The van der Waals surface area contributed by atoms with Gasteiger partial charge in [-0.3, -0.25) is 4.48 Å². The molecule has 0 saturated carbocycles. The topological polar surface area (TPSA) is 0 Å². The maximum atomic E-state index is 9.87. The van der Waals surface area contributed by atoms with Gasteiger partial charge in [-0.1, -0.05) is 19.7 Å². The molecule has 0 spiro atoms. The summed E-state index contributed by atoms with van der Waals surface area (Å²) in [5, 5.41) is 0. The standard InChI is InChI=1S/C11H18N.F6P/c1-5-9-12(8-4,10-6-2)11-7-3;1-7(2,3,4,5)6/h5-8H,1-4,9-11H2;/q+1;-1. The Morgan fingerprint density at radius 1 is 0.684 bits per heavy atom. The normalized spacial score (nSPS) is 15.1. The van der Waals surface area contributed by atoms with E-state index in [1.165, 1.54) is 0 Å². The predicted molar refractivity (Wildman–Crippen MR) is 69.2 cm³/mol. The summed E-state index contributed by atoms with van der Waals surface area (Å²) in [6, 6.07) is 0. The molecule has 0 unspecified atom stereocenters. The van der Waals surface area contributed by atoms with Crippen LogP contribution in [0.1, 0.15) is 0 Å². The van der Waals surface area contributed by atoms with Crippen molar-refractivity contribution in [1.29, 1.82) is 0 Å². The van der Waals surface area contributed by atoms with Gasteiger partial charge >= 0.3 is 33.0 Å². The van der Waals surface area contributed by atoms with Crippen LogP contribution in [0.25, 0.3) is 0 Å². The van der Waals surface area contributed by atoms with E-state index in [2.05, 4.69) is 26.3 Å². The molecule has 0 N–H and O–H groups in total. The summed E-state index contributed by atoms with van der Waals surface area (Å²) < 4.78 is 60.0. The maximum absolute atomic E-state index is 10.7. The number of hydrogen-bond donors (Lipinski definition) is 0. The van der Waals surface area contributed by atoms with E-state index in [4.69, 9.17) is 0 Å². The number of rotatable bonds is 7. The Balaban J connectivity index is 0. The van der Waals surface area contributed by atoms with E-state index >= 15 is 0 Å². The zero-order valence-corrected chi connectivity index (χ0v) is 11.3. The van der Waals surface area contributed by atoms with Crippen LogP contribution >= 0.6 is 7.81 Å². The SMILES string of the molecule is C=CC[N+](C=C)(CC=C)CC=C.F[P-](F)(F)(F)(F)F. The molecule has 0 heterocycles. The average Bonchev–Trinajstić information content (AvgIpc) is 2.14. The first-order chi connectivity index (χ1) is 8.19. The zero-order chi connectivity index (χ0) is 15.9. The van der Waals surface area contributed by atoms with Gasteiger partial charge < -0.3 is 0 Å². The van der Waals surface area contributed by atoms with E-state index < -0.39 is 7.81 Å². The fourth-order valence-corrected chi connectivity index (χ4v) is 1.22. The Morgan fingerprint density at radius 2 is 0.895 bits per heavy atom. The molecule has 8 heteroatoms. The van der Waals surface area contributed by atoms with Crippen molar-refractivity contribution in [2.45, 2.75) is 0 Å². The first-order valence-electron chi connectivity index (χ1n) is 5.08. The molecule has 114 valence electrons. The van der Waals surface area contributed by atoms with Gasteiger partial charge in [0.15, 0.2) is 0 Å². The van der Waals surface area contributed by atoms with E-state index in [1.54, 1.807) is 0 Å². The minimum atomic E-state index is -10.7. The minimum absolute atomic E-state index is 0.760. The molecule has 0 aromatic heterocycles. The number of halogens is 6. The fourth-order valence-electron chi connectivity index (χ4n) is 1.22. The van der Waals surface area contributed by atoms with Crippen molar-refractivity contribution in [1.82, 2.24) is 0 Å². The van der Waals surface area contributed by atoms with E-state index in [9.17, 15) is 25.2 Å². The molecular weight excluding hydrogens is 291 g/mol. The van der Waals surface area contributed by atoms with E-state index in [0.29, 0.717) is 0 Å². The van der Waals surface area contributed by atoms with Crippen LogP contribution in [0.2, 0.25) is 0 Å². The van der Waals surface area contributed by atoms with Crippen molar-refractivity contribution in [3.8, 4) is 0 Å². The summed E-state index contributed by atoms with van der Waals surface area (Å²) in [5.41, 5.74) is 0. The predicted octanol–water partition coefficient (Wildman–Crippen LogP) is 5.89. The van der Waals surface area contributed by atoms with Crippen molar-refractivity contribution in [2.24, 2.45) is 0 Å².